The Morgan fingerprint density at radius 1 is 1.47 bits per heavy atom. The molecule has 0 spiro atoms. The maximum Gasteiger partial charge on any atom is 0.251 e. The Morgan fingerprint density at radius 3 is 2.74 bits per heavy atom. The molecule has 0 saturated heterocycles. The summed E-state index contributed by atoms with van der Waals surface area (Å²) < 4.78 is 18.3. The van der Waals surface area contributed by atoms with E-state index in [1.165, 1.54) is 25.3 Å². The lowest BCUT2D eigenvalue weighted by Crippen LogP contribution is -2.38. The molecule has 2 N–H and O–H groups in total. The first-order chi connectivity index (χ1) is 8.99. The Bertz CT molecular complexity index is 437. The van der Waals surface area contributed by atoms with Gasteiger partial charge in [-0.15, -0.1) is 0 Å². The van der Waals surface area contributed by atoms with Crippen LogP contribution in [0.2, 0.25) is 0 Å². The number of hydrogen-bond donors (Lipinski definition) is 2. The first kappa shape index (κ1) is 15.6. The summed E-state index contributed by atoms with van der Waals surface area (Å²) in [7, 11) is 1.47. The molecule has 19 heavy (non-hydrogen) atoms. The molecule has 1 amide bonds. The lowest BCUT2D eigenvalue weighted by molar-refractivity contribution is 0.0916. The second-order valence-corrected chi connectivity index (χ2v) is 4.66. The van der Waals surface area contributed by atoms with Gasteiger partial charge < -0.3 is 15.2 Å². The summed E-state index contributed by atoms with van der Waals surface area (Å²) in [6.45, 7) is 3.78. The van der Waals surface area contributed by atoms with Crippen LogP contribution in [0.15, 0.2) is 18.2 Å². The number of rotatable bonds is 6. The molecule has 0 radical (unpaired) electrons. The van der Waals surface area contributed by atoms with Gasteiger partial charge in [0.05, 0.1) is 6.61 Å². The van der Waals surface area contributed by atoms with Crippen LogP contribution in [0.5, 0.6) is 0 Å². The summed E-state index contributed by atoms with van der Waals surface area (Å²) in [4.78, 5) is 12.0. The first-order valence-corrected chi connectivity index (χ1v) is 6.18. The van der Waals surface area contributed by atoms with Gasteiger partial charge in [-0.2, -0.15) is 0 Å². The molecular formula is C14H20FNO3. The summed E-state index contributed by atoms with van der Waals surface area (Å²) >= 11 is 0. The average Bonchev–Trinajstić information content (AvgIpc) is 2.40. The molecule has 0 heterocycles. The van der Waals surface area contributed by atoms with Crippen LogP contribution in [0.4, 0.5) is 4.39 Å². The van der Waals surface area contributed by atoms with E-state index in [4.69, 9.17) is 9.84 Å². The van der Waals surface area contributed by atoms with Crippen LogP contribution >= 0.6 is 0 Å². The molecule has 0 bridgehead atoms. The van der Waals surface area contributed by atoms with Crippen LogP contribution in [0, 0.1) is 11.7 Å². The van der Waals surface area contributed by atoms with Crippen LogP contribution in [0.25, 0.3) is 0 Å². The molecule has 2 atom stereocenters. The summed E-state index contributed by atoms with van der Waals surface area (Å²) in [5, 5.41) is 11.8. The SMILES string of the molecule is COCc1cc(C(=O)NC(C)C(C)CO)ccc1F. The molecule has 1 aromatic carbocycles. The molecule has 1 aromatic rings. The van der Waals surface area contributed by atoms with E-state index in [0.717, 1.165) is 0 Å². The van der Waals surface area contributed by atoms with Gasteiger partial charge >= 0.3 is 0 Å². The number of hydrogen-bond acceptors (Lipinski definition) is 3. The van der Waals surface area contributed by atoms with Crippen molar-refractivity contribution < 1.29 is 19.0 Å². The van der Waals surface area contributed by atoms with Gasteiger partial charge in [-0.05, 0) is 31.0 Å². The minimum Gasteiger partial charge on any atom is -0.396 e. The maximum atomic E-state index is 13.4. The molecule has 0 aromatic heterocycles. The first-order valence-electron chi connectivity index (χ1n) is 6.18. The second kappa shape index (κ2) is 7.21. The Hall–Kier alpha value is -1.46. The molecule has 5 heteroatoms. The fourth-order valence-electron chi connectivity index (χ4n) is 1.57. The van der Waals surface area contributed by atoms with E-state index in [9.17, 15) is 9.18 Å². The predicted molar refractivity (Wildman–Crippen MR) is 70.3 cm³/mol. The number of ether oxygens (including phenoxy) is 1. The van der Waals surface area contributed by atoms with Gasteiger partial charge in [-0.25, -0.2) is 4.39 Å². The third-order valence-corrected chi connectivity index (χ3v) is 3.11. The van der Waals surface area contributed by atoms with Crippen molar-refractivity contribution >= 4 is 5.91 Å². The summed E-state index contributed by atoms with van der Waals surface area (Å²) in [5.41, 5.74) is 0.725. The molecule has 1 rings (SSSR count). The average molecular weight is 269 g/mol. The Labute approximate surface area is 112 Å². The third kappa shape index (κ3) is 4.29. The standard InChI is InChI=1S/C14H20FNO3/c1-9(7-17)10(2)16-14(18)11-4-5-13(15)12(6-11)8-19-3/h4-6,9-10,17H,7-8H2,1-3H3,(H,16,18). The smallest absolute Gasteiger partial charge is 0.251 e. The molecule has 0 aliphatic carbocycles. The van der Waals surface area contributed by atoms with Crippen molar-refractivity contribution in [1.82, 2.24) is 5.32 Å². The highest BCUT2D eigenvalue weighted by Crippen LogP contribution is 2.12. The van der Waals surface area contributed by atoms with E-state index in [1.807, 2.05) is 13.8 Å². The highest BCUT2D eigenvalue weighted by Gasteiger charge is 2.16. The van der Waals surface area contributed by atoms with Crippen molar-refractivity contribution in [3.05, 3.63) is 35.1 Å². The number of carbonyl (C=O) groups is 1. The van der Waals surface area contributed by atoms with Crippen LogP contribution in [0.3, 0.4) is 0 Å². The van der Waals surface area contributed by atoms with Gasteiger partial charge in [0.1, 0.15) is 5.82 Å². The molecule has 106 valence electrons. The van der Waals surface area contributed by atoms with Crippen molar-refractivity contribution in [1.29, 1.82) is 0 Å². The second-order valence-electron chi connectivity index (χ2n) is 4.66. The third-order valence-electron chi connectivity index (χ3n) is 3.11. The minimum atomic E-state index is -0.393. The van der Waals surface area contributed by atoms with Crippen LogP contribution in [-0.4, -0.2) is 30.8 Å². The van der Waals surface area contributed by atoms with Gasteiger partial charge in [0, 0.05) is 30.9 Å². The quantitative estimate of drug-likeness (QED) is 0.826. The van der Waals surface area contributed by atoms with Crippen molar-refractivity contribution in [2.75, 3.05) is 13.7 Å². The fourth-order valence-corrected chi connectivity index (χ4v) is 1.57. The number of carbonyl (C=O) groups excluding carboxylic acids is 1. The lowest BCUT2D eigenvalue weighted by Gasteiger charge is -2.19. The lowest BCUT2D eigenvalue weighted by atomic mass is 10.0. The number of methoxy groups -OCH3 is 1. The zero-order valence-electron chi connectivity index (χ0n) is 11.4. The Balaban J connectivity index is 2.79. The predicted octanol–water partition coefficient (Wildman–Crippen LogP) is 1.72. The molecule has 0 aliphatic heterocycles. The molecule has 2 unspecified atom stereocenters. The molecule has 0 aliphatic rings. The number of halogens is 1. The van der Waals surface area contributed by atoms with Gasteiger partial charge in [0.2, 0.25) is 0 Å². The van der Waals surface area contributed by atoms with Gasteiger partial charge in [0.15, 0.2) is 0 Å². The molecule has 4 nitrogen and oxygen atoms in total. The van der Waals surface area contributed by atoms with Crippen LogP contribution < -0.4 is 5.32 Å². The fraction of sp³-hybridized carbons (Fsp3) is 0.500. The van der Waals surface area contributed by atoms with Crippen LogP contribution in [0.1, 0.15) is 29.8 Å². The van der Waals surface area contributed by atoms with E-state index in [2.05, 4.69) is 5.32 Å². The van der Waals surface area contributed by atoms with E-state index >= 15 is 0 Å². The number of amides is 1. The zero-order valence-corrected chi connectivity index (χ0v) is 11.4. The normalized spacial score (nSPS) is 13.9. The highest BCUT2D eigenvalue weighted by atomic mass is 19.1. The van der Waals surface area contributed by atoms with Gasteiger partial charge in [-0.1, -0.05) is 6.92 Å². The molecule has 0 fully saturated rings. The number of benzene rings is 1. The van der Waals surface area contributed by atoms with E-state index in [0.29, 0.717) is 11.1 Å². The van der Waals surface area contributed by atoms with E-state index in [1.54, 1.807) is 0 Å². The maximum absolute atomic E-state index is 13.4. The summed E-state index contributed by atoms with van der Waals surface area (Å²) in [5.74, 6) is -0.719. The van der Waals surface area contributed by atoms with E-state index < -0.39 is 5.82 Å². The Kier molecular flexibility index (Phi) is 5.92. The molecule has 0 saturated carbocycles. The largest absolute Gasteiger partial charge is 0.396 e. The summed E-state index contributed by atoms with van der Waals surface area (Å²) in [6.07, 6.45) is 0. The summed E-state index contributed by atoms with van der Waals surface area (Å²) in [6, 6.07) is 4.00. The molecular weight excluding hydrogens is 249 g/mol. The topological polar surface area (TPSA) is 58.6 Å². The van der Waals surface area contributed by atoms with Crippen LogP contribution in [-0.2, 0) is 11.3 Å². The van der Waals surface area contributed by atoms with Crippen molar-refractivity contribution in [3.8, 4) is 0 Å². The number of aliphatic hydroxyl groups excluding tert-OH is 1. The van der Waals surface area contributed by atoms with Gasteiger partial charge in [-0.3, -0.25) is 4.79 Å². The van der Waals surface area contributed by atoms with Crippen molar-refractivity contribution in [2.45, 2.75) is 26.5 Å². The Morgan fingerprint density at radius 2 is 2.16 bits per heavy atom. The monoisotopic (exact) mass is 269 g/mol. The van der Waals surface area contributed by atoms with Crippen molar-refractivity contribution in [3.63, 3.8) is 0 Å². The highest BCUT2D eigenvalue weighted by molar-refractivity contribution is 5.94. The number of nitrogens with one attached hydrogen (secondary N) is 1. The van der Waals surface area contributed by atoms with E-state index in [-0.39, 0.29) is 31.1 Å². The van der Waals surface area contributed by atoms with Gasteiger partial charge in [0.25, 0.3) is 5.91 Å². The minimum absolute atomic E-state index is 0.000209. The van der Waals surface area contributed by atoms with Crippen molar-refractivity contribution in [2.24, 2.45) is 5.92 Å². The zero-order chi connectivity index (χ0) is 14.4. The number of aliphatic hydroxyl groups is 1.